The number of esters is 1. The number of aliphatic hydroxyl groups is 1. The maximum absolute atomic E-state index is 12.2. The maximum atomic E-state index is 12.2. The second-order valence-corrected chi connectivity index (χ2v) is 6.06. The Balaban J connectivity index is 1.78. The lowest BCUT2D eigenvalue weighted by molar-refractivity contribution is -0.145. The smallest absolute Gasteiger partial charge is 0.323 e. The van der Waals surface area contributed by atoms with Gasteiger partial charge in [-0.05, 0) is 24.5 Å². The number of ether oxygens (including phenoxy) is 2. The molecule has 0 heterocycles. The van der Waals surface area contributed by atoms with Crippen molar-refractivity contribution in [3.05, 3.63) is 71.8 Å². The first-order valence-electron chi connectivity index (χ1n) is 8.92. The average molecular weight is 357 g/mol. The van der Waals surface area contributed by atoms with Gasteiger partial charge in [-0.1, -0.05) is 60.7 Å². The average Bonchev–Trinajstić information content (AvgIpc) is 2.67. The summed E-state index contributed by atoms with van der Waals surface area (Å²) in [6, 6.07) is 19.0. The molecule has 2 rings (SSSR count). The molecule has 0 aliphatic carbocycles. The van der Waals surface area contributed by atoms with E-state index in [1.54, 1.807) is 6.92 Å². The summed E-state index contributed by atoms with van der Waals surface area (Å²) in [6.45, 7) is 3.01. The fourth-order valence-corrected chi connectivity index (χ4v) is 2.56. The Morgan fingerprint density at radius 1 is 1.04 bits per heavy atom. The molecular weight excluding hydrogens is 330 g/mol. The number of aliphatic hydroxyl groups excluding tert-OH is 1. The van der Waals surface area contributed by atoms with Crippen molar-refractivity contribution in [1.29, 1.82) is 0 Å². The molecule has 5 nitrogen and oxygen atoms in total. The van der Waals surface area contributed by atoms with Crippen LogP contribution in [0.5, 0.6) is 0 Å². The van der Waals surface area contributed by atoms with E-state index in [-0.39, 0.29) is 19.1 Å². The summed E-state index contributed by atoms with van der Waals surface area (Å²) in [7, 11) is 0. The molecule has 0 spiro atoms. The van der Waals surface area contributed by atoms with Crippen LogP contribution in [0.2, 0.25) is 0 Å². The highest BCUT2D eigenvalue weighted by molar-refractivity contribution is 5.76. The number of hydrogen-bond donors (Lipinski definition) is 2. The number of hydrogen-bond acceptors (Lipinski definition) is 5. The minimum Gasteiger partial charge on any atom is -0.465 e. The van der Waals surface area contributed by atoms with Crippen LogP contribution in [0.4, 0.5) is 0 Å². The molecule has 0 aliphatic rings. The zero-order valence-electron chi connectivity index (χ0n) is 15.1. The highest BCUT2D eigenvalue weighted by Crippen LogP contribution is 2.05. The van der Waals surface area contributed by atoms with Gasteiger partial charge in [0.25, 0.3) is 0 Å². The van der Waals surface area contributed by atoms with E-state index >= 15 is 0 Å². The van der Waals surface area contributed by atoms with E-state index in [0.717, 1.165) is 11.1 Å². The Bertz CT molecular complexity index is 633. The second-order valence-electron chi connectivity index (χ2n) is 6.06. The van der Waals surface area contributed by atoms with Crippen molar-refractivity contribution in [3.63, 3.8) is 0 Å². The third-order valence-electron chi connectivity index (χ3n) is 3.88. The largest absolute Gasteiger partial charge is 0.465 e. The summed E-state index contributed by atoms with van der Waals surface area (Å²) in [5.74, 6) is -0.311. The topological polar surface area (TPSA) is 67.8 Å². The van der Waals surface area contributed by atoms with Crippen LogP contribution in [0.25, 0.3) is 0 Å². The van der Waals surface area contributed by atoms with Gasteiger partial charge in [0.1, 0.15) is 6.04 Å². The minimum atomic E-state index is -0.702. The summed E-state index contributed by atoms with van der Waals surface area (Å²) < 4.78 is 10.7. The molecule has 2 atom stereocenters. The van der Waals surface area contributed by atoms with Crippen LogP contribution in [0.1, 0.15) is 18.1 Å². The van der Waals surface area contributed by atoms with Gasteiger partial charge in [-0.3, -0.25) is 4.79 Å². The summed E-state index contributed by atoms with van der Waals surface area (Å²) in [6.07, 6.45) is -0.191. The molecular formula is C21H27NO4. The molecule has 140 valence electrons. The molecule has 2 aromatic rings. The number of benzene rings is 2. The van der Waals surface area contributed by atoms with E-state index in [0.29, 0.717) is 19.6 Å². The number of rotatable bonds is 11. The highest BCUT2D eigenvalue weighted by atomic mass is 16.5. The Labute approximate surface area is 155 Å². The first kappa shape index (κ1) is 20.1. The number of carbonyl (C=O) groups excluding carboxylic acids is 1. The zero-order valence-corrected chi connectivity index (χ0v) is 15.1. The maximum Gasteiger partial charge on any atom is 0.323 e. The summed E-state index contributed by atoms with van der Waals surface area (Å²) in [5, 5.41) is 13.2. The van der Waals surface area contributed by atoms with Crippen LogP contribution >= 0.6 is 0 Å². The van der Waals surface area contributed by atoms with Crippen LogP contribution in [0.3, 0.4) is 0 Å². The van der Waals surface area contributed by atoms with Gasteiger partial charge in [-0.2, -0.15) is 0 Å². The quantitative estimate of drug-likeness (QED) is 0.604. The van der Waals surface area contributed by atoms with Gasteiger partial charge in [-0.25, -0.2) is 0 Å². The highest BCUT2D eigenvalue weighted by Gasteiger charge is 2.21. The SMILES string of the molecule is CCOC(=O)[C@H](Cc1ccccc1)NC[C@H](O)COCc1ccccc1. The Morgan fingerprint density at radius 2 is 1.65 bits per heavy atom. The van der Waals surface area contributed by atoms with E-state index in [1.165, 1.54) is 0 Å². The Hall–Kier alpha value is -2.21. The Kier molecular flexibility index (Phi) is 8.83. The summed E-state index contributed by atoms with van der Waals surface area (Å²) >= 11 is 0. The first-order valence-corrected chi connectivity index (χ1v) is 8.92. The van der Waals surface area contributed by atoms with Crippen molar-refractivity contribution < 1.29 is 19.4 Å². The van der Waals surface area contributed by atoms with Crippen molar-refractivity contribution in [1.82, 2.24) is 5.32 Å². The van der Waals surface area contributed by atoms with E-state index in [2.05, 4.69) is 5.32 Å². The second kappa shape index (κ2) is 11.4. The van der Waals surface area contributed by atoms with Crippen molar-refractivity contribution in [2.45, 2.75) is 32.1 Å². The fraction of sp³-hybridized carbons (Fsp3) is 0.381. The van der Waals surface area contributed by atoms with Gasteiger partial charge in [-0.15, -0.1) is 0 Å². The third-order valence-corrected chi connectivity index (χ3v) is 3.88. The lowest BCUT2D eigenvalue weighted by atomic mass is 10.1. The molecule has 0 fully saturated rings. The summed E-state index contributed by atoms with van der Waals surface area (Å²) in [5.41, 5.74) is 2.09. The number of nitrogens with one attached hydrogen (secondary N) is 1. The van der Waals surface area contributed by atoms with Gasteiger partial charge in [0, 0.05) is 6.54 Å². The molecule has 0 saturated carbocycles. The predicted molar refractivity (Wildman–Crippen MR) is 101 cm³/mol. The standard InChI is InChI=1S/C21H27NO4/c1-2-26-21(24)20(13-17-9-5-3-6-10-17)22-14-19(23)16-25-15-18-11-7-4-8-12-18/h3-12,19-20,22-23H,2,13-16H2,1H3/t19-,20-/m0/s1. The van der Waals surface area contributed by atoms with Crippen molar-refractivity contribution in [2.75, 3.05) is 19.8 Å². The molecule has 0 bridgehead atoms. The van der Waals surface area contributed by atoms with Crippen LogP contribution in [-0.2, 0) is 27.3 Å². The minimum absolute atomic E-state index is 0.197. The first-order chi connectivity index (χ1) is 12.7. The Morgan fingerprint density at radius 3 is 2.27 bits per heavy atom. The van der Waals surface area contributed by atoms with Gasteiger partial charge in [0.15, 0.2) is 0 Å². The fourth-order valence-electron chi connectivity index (χ4n) is 2.56. The van der Waals surface area contributed by atoms with Gasteiger partial charge >= 0.3 is 5.97 Å². The number of carbonyl (C=O) groups is 1. The van der Waals surface area contributed by atoms with Gasteiger partial charge in [0.2, 0.25) is 0 Å². The van der Waals surface area contributed by atoms with E-state index in [1.807, 2.05) is 60.7 Å². The van der Waals surface area contributed by atoms with E-state index in [4.69, 9.17) is 9.47 Å². The monoisotopic (exact) mass is 357 g/mol. The zero-order chi connectivity index (χ0) is 18.6. The molecule has 2 aromatic carbocycles. The molecule has 0 unspecified atom stereocenters. The summed E-state index contributed by atoms with van der Waals surface area (Å²) in [4.78, 5) is 12.2. The molecule has 0 amide bonds. The van der Waals surface area contributed by atoms with Crippen LogP contribution in [0, 0.1) is 0 Å². The van der Waals surface area contributed by atoms with Crippen LogP contribution in [0.15, 0.2) is 60.7 Å². The molecule has 0 aromatic heterocycles. The van der Waals surface area contributed by atoms with Crippen LogP contribution < -0.4 is 5.32 Å². The third kappa shape index (κ3) is 7.35. The van der Waals surface area contributed by atoms with Crippen LogP contribution in [-0.4, -0.2) is 43.0 Å². The molecule has 5 heteroatoms. The van der Waals surface area contributed by atoms with Crippen molar-refractivity contribution in [2.24, 2.45) is 0 Å². The molecule has 0 saturated heterocycles. The van der Waals surface area contributed by atoms with Gasteiger partial charge in [0.05, 0.1) is 25.9 Å². The predicted octanol–water partition coefficient (Wildman–Crippen LogP) is 2.33. The molecule has 0 aliphatic heterocycles. The molecule has 26 heavy (non-hydrogen) atoms. The van der Waals surface area contributed by atoms with Crippen molar-refractivity contribution in [3.8, 4) is 0 Å². The molecule has 0 radical (unpaired) electrons. The van der Waals surface area contributed by atoms with Crippen molar-refractivity contribution >= 4 is 5.97 Å². The lowest BCUT2D eigenvalue weighted by Crippen LogP contribution is -2.44. The van der Waals surface area contributed by atoms with Gasteiger partial charge < -0.3 is 19.9 Å². The molecule has 2 N–H and O–H groups in total. The normalized spacial score (nSPS) is 13.2. The van der Waals surface area contributed by atoms with E-state index < -0.39 is 12.1 Å². The van der Waals surface area contributed by atoms with E-state index in [9.17, 15) is 9.90 Å². The lowest BCUT2D eigenvalue weighted by Gasteiger charge is -2.19.